The molecule has 1 N–H and O–H groups in total. The zero-order valence-corrected chi connectivity index (χ0v) is 21.6. The summed E-state index contributed by atoms with van der Waals surface area (Å²) in [5.41, 5.74) is 4.18. The molecule has 3 aromatic rings. The van der Waals surface area contributed by atoms with Crippen LogP contribution in [-0.2, 0) is 24.3 Å². The van der Waals surface area contributed by atoms with Gasteiger partial charge in [0.25, 0.3) is 5.91 Å². The second kappa shape index (κ2) is 11.0. The third-order valence-electron chi connectivity index (χ3n) is 6.56. The first-order chi connectivity index (χ1) is 17.4. The summed E-state index contributed by atoms with van der Waals surface area (Å²) in [5.74, 6) is -0.0623. The topological polar surface area (TPSA) is 71.1 Å². The number of hydrogen-bond acceptors (Lipinski definition) is 6. The Hall–Kier alpha value is -2.91. The number of benzene rings is 2. The van der Waals surface area contributed by atoms with Gasteiger partial charge in [0.2, 0.25) is 0 Å². The normalized spacial score (nSPS) is 19.7. The zero-order chi connectivity index (χ0) is 25.1. The molecule has 2 aromatic carbocycles. The highest BCUT2D eigenvalue weighted by Crippen LogP contribution is 2.28. The highest BCUT2D eigenvalue weighted by molar-refractivity contribution is 7.17. The highest BCUT2D eigenvalue weighted by atomic mass is 35.5. The second-order valence-electron chi connectivity index (χ2n) is 9.22. The largest absolute Gasteiger partial charge is 0.413 e. The Morgan fingerprint density at radius 3 is 2.69 bits per heavy atom. The summed E-state index contributed by atoms with van der Waals surface area (Å²) >= 11 is 7.12. The number of ether oxygens (including phenoxy) is 2. The van der Waals surface area contributed by atoms with Crippen LogP contribution in [0.15, 0.2) is 60.7 Å². The standard InChI is InChI=1S/C27H28ClN3O4S/c1-30-12-11-19-13-20(7-8-21(19)14-30)26(32)31-15-22(29-27(33)35-25-10-9-24(28)36-25)23(16-31)34-17-18-5-3-2-4-6-18/h2-10,13,22-23H,11-12,14-17H2,1H3,(H,29,33). The summed E-state index contributed by atoms with van der Waals surface area (Å²) in [6.07, 6.45) is -0.0441. The van der Waals surface area contributed by atoms with Crippen LogP contribution in [0.3, 0.4) is 0 Å². The first-order valence-electron chi connectivity index (χ1n) is 11.9. The van der Waals surface area contributed by atoms with Crippen molar-refractivity contribution in [2.75, 3.05) is 26.7 Å². The maximum Gasteiger partial charge on any atom is 0.413 e. The first kappa shape index (κ1) is 24.8. The smallest absolute Gasteiger partial charge is 0.399 e. The van der Waals surface area contributed by atoms with Crippen molar-refractivity contribution in [2.24, 2.45) is 0 Å². The molecule has 0 saturated carbocycles. The van der Waals surface area contributed by atoms with E-state index in [2.05, 4.69) is 23.3 Å². The maximum atomic E-state index is 13.4. The molecule has 2 aliphatic rings. The van der Waals surface area contributed by atoms with Crippen molar-refractivity contribution in [2.45, 2.75) is 31.7 Å². The molecule has 188 valence electrons. The van der Waals surface area contributed by atoms with Crippen LogP contribution in [0.25, 0.3) is 0 Å². The number of carbonyl (C=O) groups excluding carboxylic acids is 2. The fraction of sp³-hybridized carbons (Fsp3) is 0.333. The summed E-state index contributed by atoms with van der Waals surface area (Å²) in [6.45, 7) is 2.97. The van der Waals surface area contributed by atoms with Crippen molar-refractivity contribution in [1.82, 2.24) is 15.1 Å². The molecule has 5 rings (SSSR count). The monoisotopic (exact) mass is 525 g/mol. The van der Waals surface area contributed by atoms with E-state index in [-0.39, 0.29) is 12.0 Å². The molecular formula is C27H28ClN3O4S. The number of likely N-dealkylation sites (tertiary alicyclic amines) is 1. The molecule has 7 nitrogen and oxygen atoms in total. The number of thiophene rings is 1. The predicted octanol–water partition coefficient (Wildman–Crippen LogP) is 4.59. The van der Waals surface area contributed by atoms with E-state index in [0.29, 0.717) is 34.7 Å². The maximum absolute atomic E-state index is 13.4. The van der Waals surface area contributed by atoms with Gasteiger partial charge in [-0.15, -0.1) is 0 Å². The molecule has 0 aliphatic carbocycles. The van der Waals surface area contributed by atoms with Gasteiger partial charge in [-0.3, -0.25) is 4.79 Å². The van der Waals surface area contributed by atoms with Crippen molar-refractivity contribution < 1.29 is 19.1 Å². The molecule has 0 spiro atoms. The fourth-order valence-corrected chi connectivity index (χ4v) is 5.53. The fourth-order valence-electron chi connectivity index (χ4n) is 4.66. The number of amides is 2. The van der Waals surface area contributed by atoms with Crippen LogP contribution in [0.1, 0.15) is 27.0 Å². The second-order valence-corrected chi connectivity index (χ2v) is 10.9. The van der Waals surface area contributed by atoms with Gasteiger partial charge in [-0.2, -0.15) is 0 Å². The molecule has 36 heavy (non-hydrogen) atoms. The molecular weight excluding hydrogens is 498 g/mol. The summed E-state index contributed by atoms with van der Waals surface area (Å²) in [4.78, 5) is 30.1. The lowest BCUT2D eigenvalue weighted by Crippen LogP contribution is -2.45. The summed E-state index contributed by atoms with van der Waals surface area (Å²) < 4.78 is 12.1. The minimum absolute atomic E-state index is 0.0623. The average Bonchev–Trinajstić information content (AvgIpc) is 3.47. The number of halogens is 1. The lowest BCUT2D eigenvalue weighted by molar-refractivity contribution is 0.0319. The molecule has 2 aliphatic heterocycles. The Morgan fingerprint density at radius 1 is 1.08 bits per heavy atom. The molecule has 1 aromatic heterocycles. The first-order valence-corrected chi connectivity index (χ1v) is 13.1. The van der Waals surface area contributed by atoms with Crippen molar-refractivity contribution >= 4 is 34.9 Å². The quantitative estimate of drug-likeness (QED) is 0.510. The van der Waals surface area contributed by atoms with Crippen molar-refractivity contribution in [3.8, 4) is 5.06 Å². The van der Waals surface area contributed by atoms with Crippen LogP contribution in [-0.4, -0.2) is 60.6 Å². The van der Waals surface area contributed by atoms with Gasteiger partial charge in [0.05, 0.1) is 23.1 Å². The molecule has 1 fully saturated rings. The SMILES string of the molecule is CN1CCc2cc(C(=O)N3CC(NC(=O)Oc4ccc(Cl)s4)C(OCc4ccccc4)C3)ccc2C1. The van der Waals surface area contributed by atoms with Gasteiger partial charge in [0.1, 0.15) is 0 Å². The lowest BCUT2D eigenvalue weighted by Gasteiger charge is -2.25. The number of hydrogen-bond donors (Lipinski definition) is 1. The molecule has 2 amide bonds. The van der Waals surface area contributed by atoms with Crippen LogP contribution >= 0.6 is 22.9 Å². The van der Waals surface area contributed by atoms with E-state index in [1.54, 1.807) is 17.0 Å². The number of nitrogens with one attached hydrogen (secondary N) is 1. The van der Waals surface area contributed by atoms with Crippen molar-refractivity contribution in [1.29, 1.82) is 0 Å². The Bertz CT molecular complexity index is 1230. The van der Waals surface area contributed by atoms with Crippen molar-refractivity contribution in [3.63, 3.8) is 0 Å². The summed E-state index contributed by atoms with van der Waals surface area (Å²) in [5, 5.41) is 3.30. The van der Waals surface area contributed by atoms with Gasteiger partial charge in [-0.1, -0.05) is 59.3 Å². The minimum Gasteiger partial charge on any atom is -0.399 e. The molecule has 0 bridgehead atoms. The van der Waals surface area contributed by atoms with Gasteiger partial charge >= 0.3 is 6.09 Å². The number of likely N-dealkylation sites (N-methyl/N-ethyl adjacent to an activating group) is 1. The van der Waals surface area contributed by atoms with Gasteiger partial charge in [-0.25, -0.2) is 4.79 Å². The van der Waals surface area contributed by atoms with Crippen LogP contribution in [0.5, 0.6) is 5.06 Å². The Balaban J connectivity index is 1.28. The Kier molecular flexibility index (Phi) is 7.57. The summed E-state index contributed by atoms with van der Waals surface area (Å²) in [7, 11) is 2.10. The van der Waals surface area contributed by atoms with E-state index in [1.807, 2.05) is 42.5 Å². The summed E-state index contributed by atoms with van der Waals surface area (Å²) in [6, 6.07) is 18.7. The Morgan fingerprint density at radius 2 is 1.92 bits per heavy atom. The molecule has 2 atom stereocenters. The van der Waals surface area contributed by atoms with Gasteiger partial charge < -0.3 is 24.6 Å². The van der Waals surface area contributed by atoms with E-state index in [1.165, 1.54) is 22.5 Å². The third kappa shape index (κ3) is 5.90. The van der Waals surface area contributed by atoms with E-state index >= 15 is 0 Å². The number of rotatable bonds is 6. The Labute approximate surface area is 219 Å². The highest BCUT2D eigenvalue weighted by Gasteiger charge is 2.38. The number of fused-ring (bicyclic) bond motifs is 1. The van der Waals surface area contributed by atoms with Crippen LogP contribution in [0.2, 0.25) is 4.34 Å². The van der Waals surface area contributed by atoms with Crippen LogP contribution in [0, 0.1) is 0 Å². The average molecular weight is 526 g/mol. The van der Waals surface area contributed by atoms with E-state index in [0.717, 1.165) is 25.1 Å². The van der Waals surface area contributed by atoms with Gasteiger partial charge in [0.15, 0.2) is 5.06 Å². The van der Waals surface area contributed by atoms with Crippen molar-refractivity contribution in [3.05, 3.63) is 87.3 Å². The predicted molar refractivity (Wildman–Crippen MR) is 140 cm³/mol. The molecule has 9 heteroatoms. The zero-order valence-electron chi connectivity index (χ0n) is 20.0. The third-order valence-corrected chi connectivity index (χ3v) is 7.67. The number of carbonyl (C=O) groups is 2. The van der Waals surface area contributed by atoms with E-state index in [9.17, 15) is 9.59 Å². The van der Waals surface area contributed by atoms with Gasteiger partial charge in [0, 0.05) is 31.7 Å². The minimum atomic E-state index is -0.598. The lowest BCUT2D eigenvalue weighted by atomic mass is 9.97. The number of nitrogens with zero attached hydrogens (tertiary/aromatic N) is 2. The van der Waals surface area contributed by atoms with E-state index < -0.39 is 12.1 Å². The molecule has 3 heterocycles. The molecule has 2 unspecified atom stereocenters. The van der Waals surface area contributed by atoms with E-state index in [4.69, 9.17) is 21.1 Å². The van der Waals surface area contributed by atoms with Crippen LogP contribution < -0.4 is 10.1 Å². The molecule has 0 radical (unpaired) electrons. The van der Waals surface area contributed by atoms with Crippen LogP contribution in [0.4, 0.5) is 4.79 Å². The van der Waals surface area contributed by atoms with Gasteiger partial charge in [-0.05, 0) is 54.4 Å². The molecule has 1 saturated heterocycles.